The highest BCUT2D eigenvalue weighted by Gasteiger charge is 2.45. The molecule has 18 heavy (non-hydrogen) atoms. The standard InChI is InChI=1S/C16H30N2/c1-16(2)8-7-14(15(16)17-3)18-10-12-5-4-6-13(9-12)11-18/h12-15,17H,4-11H2,1-3H3. The van der Waals surface area contributed by atoms with E-state index in [1.165, 1.54) is 51.6 Å². The maximum Gasteiger partial charge on any atom is 0.0271 e. The smallest absolute Gasteiger partial charge is 0.0271 e. The van der Waals surface area contributed by atoms with Crippen LogP contribution in [0.2, 0.25) is 0 Å². The van der Waals surface area contributed by atoms with Crippen molar-refractivity contribution in [3.63, 3.8) is 0 Å². The first kappa shape index (κ1) is 12.9. The third-order valence-corrected chi connectivity index (χ3v) is 5.97. The number of likely N-dealkylation sites (N-methyl/N-ethyl adjacent to an activating group) is 1. The Morgan fingerprint density at radius 1 is 1.06 bits per heavy atom. The molecular formula is C16H30N2. The average molecular weight is 250 g/mol. The van der Waals surface area contributed by atoms with Gasteiger partial charge in [-0.2, -0.15) is 0 Å². The summed E-state index contributed by atoms with van der Waals surface area (Å²) in [6.45, 7) is 7.66. The van der Waals surface area contributed by atoms with Crippen molar-refractivity contribution in [1.29, 1.82) is 0 Å². The van der Waals surface area contributed by atoms with Crippen molar-refractivity contribution in [2.24, 2.45) is 17.3 Å². The van der Waals surface area contributed by atoms with E-state index >= 15 is 0 Å². The predicted octanol–water partition coefficient (Wildman–Crippen LogP) is 2.89. The van der Waals surface area contributed by atoms with Gasteiger partial charge < -0.3 is 5.32 Å². The van der Waals surface area contributed by atoms with Gasteiger partial charge in [0.2, 0.25) is 0 Å². The zero-order valence-corrected chi connectivity index (χ0v) is 12.4. The molecule has 3 fully saturated rings. The minimum Gasteiger partial charge on any atom is -0.315 e. The van der Waals surface area contributed by atoms with E-state index in [1.807, 2.05) is 0 Å². The summed E-state index contributed by atoms with van der Waals surface area (Å²) in [5.41, 5.74) is 0.478. The van der Waals surface area contributed by atoms with Gasteiger partial charge in [0, 0.05) is 25.2 Å². The molecule has 0 aromatic rings. The lowest BCUT2D eigenvalue weighted by Crippen LogP contribution is -2.55. The maximum absolute atomic E-state index is 3.63. The Labute approximate surface area is 113 Å². The monoisotopic (exact) mass is 250 g/mol. The highest BCUT2D eigenvalue weighted by Crippen LogP contribution is 2.43. The molecule has 4 atom stereocenters. The molecule has 0 spiro atoms. The van der Waals surface area contributed by atoms with Crippen molar-refractivity contribution in [2.75, 3.05) is 20.1 Å². The van der Waals surface area contributed by atoms with Gasteiger partial charge in [-0.15, -0.1) is 0 Å². The summed E-state index contributed by atoms with van der Waals surface area (Å²) in [7, 11) is 2.16. The van der Waals surface area contributed by atoms with Crippen molar-refractivity contribution in [1.82, 2.24) is 10.2 Å². The first-order chi connectivity index (χ1) is 8.60. The van der Waals surface area contributed by atoms with Gasteiger partial charge in [-0.25, -0.2) is 0 Å². The van der Waals surface area contributed by atoms with Crippen LogP contribution in [0.4, 0.5) is 0 Å². The lowest BCUT2D eigenvalue weighted by atomic mass is 9.77. The van der Waals surface area contributed by atoms with E-state index in [4.69, 9.17) is 0 Å². The molecule has 2 nitrogen and oxygen atoms in total. The SMILES string of the molecule is CNC1C(N2CC3CCCC(C3)C2)CCC1(C)C. The van der Waals surface area contributed by atoms with E-state index < -0.39 is 0 Å². The van der Waals surface area contributed by atoms with Crippen LogP contribution < -0.4 is 5.32 Å². The van der Waals surface area contributed by atoms with E-state index in [9.17, 15) is 0 Å². The third-order valence-electron chi connectivity index (χ3n) is 5.97. The third kappa shape index (κ3) is 2.22. The second-order valence-corrected chi connectivity index (χ2v) is 7.71. The molecule has 1 saturated heterocycles. The van der Waals surface area contributed by atoms with Crippen LogP contribution >= 0.6 is 0 Å². The van der Waals surface area contributed by atoms with Crippen molar-refractivity contribution < 1.29 is 0 Å². The summed E-state index contributed by atoms with van der Waals surface area (Å²) in [5.74, 6) is 2.03. The van der Waals surface area contributed by atoms with E-state index in [0.717, 1.165) is 17.9 Å². The Morgan fingerprint density at radius 2 is 1.72 bits per heavy atom. The van der Waals surface area contributed by atoms with E-state index in [2.05, 4.69) is 31.1 Å². The quantitative estimate of drug-likeness (QED) is 0.811. The van der Waals surface area contributed by atoms with E-state index in [1.54, 1.807) is 0 Å². The Morgan fingerprint density at radius 3 is 2.33 bits per heavy atom. The lowest BCUT2D eigenvalue weighted by Gasteiger charge is -2.46. The number of piperidine rings is 1. The van der Waals surface area contributed by atoms with Crippen LogP contribution in [0.5, 0.6) is 0 Å². The van der Waals surface area contributed by atoms with Crippen molar-refractivity contribution in [3.8, 4) is 0 Å². The molecule has 2 aliphatic carbocycles. The first-order valence-electron chi connectivity index (χ1n) is 8.01. The van der Waals surface area contributed by atoms with Gasteiger partial charge in [-0.05, 0) is 56.4 Å². The lowest BCUT2D eigenvalue weighted by molar-refractivity contribution is 0.0399. The largest absolute Gasteiger partial charge is 0.315 e. The number of hydrogen-bond acceptors (Lipinski definition) is 2. The van der Waals surface area contributed by atoms with Crippen LogP contribution in [0.3, 0.4) is 0 Å². The van der Waals surface area contributed by atoms with Crippen molar-refractivity contribution in [3.05, 3.63) is 0 Å². The van der Waals surface area contributed by atoms with Crippen LogP contribution in [-0.4, -0.2) is 37.1 Å². The Hall–Kier alpha value is -0.0800. The Balaban J connectivity index is 1.71. The van der Waals surface area contributed by atoms with E-state index in [-0.39, 0.29) is 0 Å². The van der Waals surface area contributed by atoms with Crippen LogP contribution in [-0.2, 0) is 0 Å². The van der Waals surface area contributed by atoms with Crippen LogP contribution in [0.25, 0.3) is 0 Å². The molecule has 0 radical (unpaired) electrons. The van der Waals surface area contributed by atoms with Gasteiger partial charge >= 0.3 is 0 Å². The minimum atomic E-state index is 0.478. The predicted molar refractivity (Wildman–Crippen MR) is 76.7 cm³/mol. The molecule has 1 N–H and O–H groups in total. The molecule has 0 aromatic carbocycles. The minimum absolute atomic E-state index is 0.478. The summed E-state index contributed by atoms with van der Waals surface area (Å²) in [5, 5.41) is 3.63. The fourth-order valence-electron chi connectivity index (χ4n) is 5.08. The number of rotatable bonds is 2. The average Bonchev–Trinajstić information content (AvgIpc) is 2.63. The number of nitrogens with zero attached hydrogens (tertiary/aromatic N) is 1. The summed E-state index contributed by atoms with van der Waals surface area (Å²) >= 11 is 0. The van der Waals surface area contributed by atoms with Crippen LogP contribution in [0.1, 0.15) is 52.4 Å². The van der Waals surface area contributed by atoms with Gasteiger partial charge in [-0.1, -0.05) is 20.3 Å². The molecule has 0 amide bonds. The van der Waals surface area contributed by atoms with Crippen LogP contribution in [0.15, 0.2) is 0 Å². The second-order valence-electron chi connectivity index (χ2n) is 7.71. The number of nitrogens with one attached hydrogen (secondary N) is 1. The molecule has 104 valence electrons. The molecule has 2 heteroatoms. The number of fused-ring (bicyclic) bond motifs is 2. The second kappa shape index (κ2) is 4.79. The van der Waals surface area contributed by atoms with Gasteiger partial charge in [-0.3, -0.25) is 4.90 Å². The van der Waals surface area contributed by atoms with E-state index in [0.29, 0.717) is 11.5 Å². The van der Waals surface area contributed by atoms with Gasteiger partial charge in [0.05, 0.1) is 0 Å². The molecule has 1 heterocycles. The number of hydrogen-bond donors (Lipinski definition) is 1. The van der Waals surface area contributed by atoms with Crippen molar-refractivity contribution in [2.45, 2.75) is 64.5 Å². The molecule has 0 aromatic heterocycles. The molecule has 1 aliphatic heterocycles. The van der Waals surface area contributed by atoms with Crippen LogP contribution in [0, 0.1) is 17.3 Å². The zero-order chi connectivity index (χ0) is 12.8. The Bertz CT molecular complexity index is 287. The van der Waals surface area contributed by atoms with Gasteiger partial charge in [0.25, 0.3) is 0 Å². The summed E-state index contributed by atoms with van der Waals surface area (Å²) in [6, 6.07) is 1.49. The molecule has 4 unspecified atom stereocenters. The summed E-state index contributed by atoms with van der Waals surface area (Å²) in [6.07, 6.45) is 8.79. The molecular weight excluding hydrogens is 220 g/mol. The van der Waals surface area contributed by atoms with Crippen molar-refractivity contribution >= 4 is 0 Å². The maximum atomic E-state index is 3.63. The van der Waals surface area contributed by atoms with Gasteiger partial charge in [0.15, 0.2) is 0 Å². The topological polar surface area (TPSA) is 15.3 Å². The highest BCUT2D eigenvalue weighted by molar-refractivity contribution is 5.02. The molecule has 2 saturated carbocycles. The molecule has 3 rings (SSSR count). The number of likely N-dealkylation sites (tertiary alicyclic amines) is 1. The fraction of sp³-hybridized carbons (Fsp3) is 1.00. The first-order valence-corrected chi connectivity index (χ1v) is 8.01. The summed E-state index contributed by atoms with van der Waals surface area (Å²) < 4.78 is 0. The summed E-state index contributed by atoms with van der Waals surface area (Å²) in [4.78, 5) is 2.86. The highest BCUT2D eigenvalue weighted by atomic mass is 15.2. The zero-order valence-electron chi connectivity index (χ0n) is 12.4. The molecule has 3 aliphatic rings. The van der Waals surface area contributed by atoms with Gasteiger partial charge in [0.1, 0.15) is 0 Å². The molecule has 2 bridgehead atoms. The normalized spacial score (nSPS) is 44.2. The Kier molecular flexibility index (Phi) is 3.44. The fourth-order valence-corrected chi connectivity index (χ4v) is 5.08.